The van der Waals surface area contributed by atoms with Crippen molar-refractivity contribution in [2.24, 2.45) is 10.9 Å². The first-order valence-electron chi connectivity index (χ1n) is 8.01. The van der Waals surface area contributed by atoms with Crippen LogP contribution in [0.4, 0.5) is 0 Å². The molecule has 1 aromatic rings. The van der Waals surface area contributed by atoms with Crippen molar-refractivity contribution in [1.82, 2.24) is 16.0 Å². The van der Waals surface area contributed by atoms with Crippen molar-refractivity contribution in [2.75, 3.05) is 19.6 Å². The molecule has 1 unspecified atom stereocenters. The molecule has 0 aromatic carbocycles. The second-order valence-corrected chi connectivity index (χ2v) is 6.84. The van der Waals surface area contributed by atoms with Gasteiger partial charge in [-0.1, -0.05) is 13.0 Å². The number of rotatable bonds is 8. The van der Waals surface area contributed by atoms with Crippen molar-refractivity contribution in [3.63, 3.8) is 0 Å². The second-order valence-electron chi connectivity index (χ2n) is 5.81. The maximum atomic E-state index is 11.7. The van der Waals surface area contributed by atoms with E-state index in [1.165, 1.54) is 4.88 Å². The van der Waals surface area contributed by atoms with E-state index in [2.05, 4.69) is 45.4 Å². The molecule has 1 aromatic heterocycles. The zero-order chi connectivity index (χ0) is 15.8. The quantitative estimate of drug-likeness (QED) is 0.505. The van der Waals surface area contributed by atoms with Gasteiger partial charge in [0, 0.05) is 24.0 Å². The number of nitrogens with one attached hydrogen (secondary N) is 3. The smallest absolute Gasteiger partial charge is 0.242 e. The lowest BCUT2D eigenvalue weighted by Crippen LogP contribution is -2.40. The molecule has 22 heavy (non-hydrogen) atoms. The minimum absolute atomic E-state index is 0.00587. The third-order valence-electron chi connectivity index (χ3n) is 3.42. The molecule has 1 aliphatic carbocycles. The Bertz CT molecular complexity index is 482. The normalized spacial score (nSPS) is 16.2. The van der Waals surface area contributed by atoms with Gasteiger partial charge in [-0.25, -0.2) is 4.99 Å². The number of hydrogen-bond acceptors (Lipinski definition) is 3. The maximum absolute atomic E-state index is 11.7. The number of nitrogens with zero attached hydrogens (tertiary/aromatic N) is 1. The molecule has 1 aliphatic rings. The predicted molar refractivity (Wildman–Crippen MR) is 92.3 cm³/mol. The lowest BCUT2D eigenvalue weighted by Gasteiger charge is -2.15. The number of aliphatic imine (C=N–C) groups is 1. The van der Waals surface area contributed by atoms with Crippen LogP contribution in [0.3, 0.4) is 0 Å². The van der Waals surface area contributed by atoms with E-state index in [9.17, 15) is 4.79 Å². The molecule has 6 heteroatoms. The highest BCUT2D eigenvalue weighted by Crippen LogP contribution is 2.18. The SMILES string of the molecule is CCNC(=NCC(=O)NC1CC1)NCC(C)Cc1cccs1. The lowest BCUT2D eigenvalue weighted by molar-refractivity contribution is -0.119. The standard InChI is InChI=1S/C16H26N4OS/c1-3-17-16(19-11-15(21)20-13-6-7-13)18-10-12(2)9-14-5-4-8-22-14/h4-5,8,12-13H,3,6-7,9-11H2,1-2H3,(H,20,21)(H2,17,18,19). The number of amides is 1. The summed E-state index contributed by atoms with van der Waals surface area (Å²) in [6.45, 7) is 6.06. The fraction of sp³-hybridized carbons (Fsp3) is 0.625. The van der Waals surface area contributed by atoms with E-state index in [0.717, 1.165) is 32.4 Å². The van der Waals surface area contributed by atoms with E-state index in [1.807, 2.05) is 6.92 Å². The van der Waals surface area contributed by atoms with Gasteiger partial charge in [0.15, 0.2) is 5.96 Å². The Labute approximate surface area is 136 Å². The highest BCUT2D eigenvalue weighted by Gasteiger charge is 2.22. The van der Waals surface area contributed by atoms with Crippen LogP contribution >= 0.6 is 11.3 Å². The Hall–Kier alpha value is -1.56. The molecule has 1 heterocycles. The van der Waals surface area contributed by atoms with E-state index >= 15 is 0 Å². The summed E-state index contributed by atoms with van der Waals surface area (Å²) in [7, 11) is 0. The summed E-state index contributed by atoms with van der Waals surface area (Å²) in [4.78, 5) is 17.4. The van der Waals surface area contributed by atoms with Gasteiger partial charge in [0.2, 0.25) is 5.91 Å². The number of guanidine groups is 1. The summed E-state index contributed by atoms with van der Waals surface area (Å²) in [5.41, 5.74) is 0. The summed E-state index contributed by atoms with van der Waals surface area (Å²) < 4.78 is 0. The van der Waals surface area contributed by atoms with Crippen LogP contribution in [0, 0.1) is 5.92 Å². The Morgan fingerprint density at radius 2 is 2.27 bits per heavy atom. The van der Waals surface area contributed by atoms with Crippen LogP contribution in [0.5, 0.6) is 0 Å². The molecule has 3 N–H and O–H groups in total. The second kappa shape index (κ2) is 8.78. The first-order valence-corrected chi connectivity index (χ1v) is 8.89. The molecule has 0 bridgehead atoms. The van der Waals surface area contributed by atoms with Crippen molar-refractivity contribution >= 4 is 23.2 Å². The van der Waals surface area contributed by atoms with Crippen molar-refractivity contribution in [3.8, 4) is 0 Å². The summed E-state index contributed by atoms with van der Waals surface area (Å²) in [5, 5.41) is 11.6. The van der Waals surface area contributed by atoms with Crippen LogP contribution in [-0.4, -0.2) is 37.5 Å². The molecule has 0 saturated heterocycles. The Balaban J connectivity index is 1.73. The van der Waals surface area contributed by atoms with Crippen LogP contribution in [0.15, 0.2) is 22.5 Å². The minimum Gasteiger partial charge on any atom is -0.357 e. The highest BCUT2D eigenvalue weighted by molar-refractivity contribution is 7.09. The summed E-state index contributed by atoms with van der Waals surface area (Å²) in [6, 6.07) is 4.65. The van der Waals surface area contributed by atoms with E-state index in [4.69, 9.17) is 0 Å². The number of hydrogen-bond donors (Lipinski definition) is 3. The molecule has 122 valence electrons. The fourth-order valence-corrected chi connectivity index (χ4v) is 2.98. The Morgan fingerprint density at radius 1 is 1.45 bits per heavy atom. The molecule has 5 nitrogen and oxygen atoms in total. The van der Waals surface area contributed by atoms with Crippen molar-refractivity contribution in [3.05, 3.63) is 22.4 Å². The van der Waals surface area contributed by atoms with Crippen LogP contribution in [0.1, 0.15) is 31.6 Å². The maximum Gasteiger partial charge on any atom is 0.242 e. The van der Waals surface area contributed by atoms with Crippen LogP contribution < -0.4 is 16.0 Å². The van der Waals surface area contributed by atoms with E-state index in [-0.39, 0.29) is 12.5 Å². The molecule has 0 radical (unpaired) electrons. The van der Waals surface area contributed by atoms with Crippen LogP contribution in [-0.2, 0) is 11.2 Å². The van der Waals surface area contributed by atoms with Crippen molar-refractivity contribution in [2.45, 2.75) is 39.2 Å². The van der Waals surface area contributed by atoms with Crippen molar-refractivity contribution in [1.29, 1.82) is 0 Å². The highest BCUT2D eigenvalue weighted by atomic mass is 32.1. The van der Waals surface area contributed by atoms with Gasteiger partial charge in [0.05, 0.1) is 0 Å². The summed E-state index contributed by atoms with van der Waals surface area (Å²) in [6.07, 6.45) is 3.27. The average Bonchev–Trinajstić information content (AvgIpc) is 3.15. The molecule has 0 spiro atoms. The van der Waals surface area contributed by atoms with Gasteiger partial charge in [-0.3, -0.25) is 4.79 Å². The summed E-state index contributed by atoms with van der Waals surface area (Å²) in [5.74, 6) is 1.24. The topological polar surface area (TPSA) is 65.5 Å². The molecular weight excluding hydrogens is 296 g/mol. The van der Waals surface area contributed by atoms with Gasteiger partial charge < -0.3 is 16.0 Å². The zero-order valence-electron chi connectivity index (χ0n) is 13.4. The van der Waals surface area contributed by atoms with Crippen LogP contribution in [0.2, 0.25) is 0 Å². The molecule has 2 rings (SSSR count). The van der Waals surface area contributed by atoms with Gasteiger partial charge in [-0.2, -0.15) is 0 Å². The minimum atomic E-state index is 0.00587. The third kappa shape index (κ3) is 6.47. The predicted octanol–water partition coefficient (Wildman–Crippen LogP) is 1.76. The molecule has 1 atom stereocenters. The summed E-state index contributed by atoms with van der Waals surface area (Å²) >= 11 is 1.79. The average molecular weight is 322 g/mol. The molecule has 0 aliphatic heterocycles. The number of carbonyl (C=O) groups is 1. The first-order chi connectivity index (χ1) is 10.7. The third-order valence-corrected chi connectivity index (χ3v) is 4.31. The zero-order valence-corrected chi connectivity index (χ0v) is 14.2. The van der Waals surface area contributed by atoms with E-state index < -0.39 is 0 Å². The molecule has 1 amide bonds. The van der Waals surface area contributed by atoms with E-state index in [1.54, 1.807) is 11.3 Å². The van der Waals surface area contributed by atoms with Gasteiger partial charge >= 0.3 is 0 Å². The van der Waals surface area contributed by atoms with Gasteiger partial charge in [-0.15, -0.1) is 11.3 Å². The fourth-order valence-electron chi connectivity index (χ4n) is 2.11. The first kappa shape index (κ1) is 16.8. The van der Waals surface area contributed by atoms with E-state index in [0.29, 0.717) is 17.9 Å². The van der Waals surface area contributed by atoms with Gasteiger partial charge in [0.25, 0.3) is 0 Å². The van der Waals surface area contributed by atoms with Crippen molar-refractivity contribution < 1.29 is 4.79 Å². The molecular formula is C16H26N4OS. The van der Waals surface area contributed by atoms with Gasteiger partial charge in [0.1, 0.15) is 6.54 Å². The largest absolute Gasteiger partial charge is 0.357 e. The molecule has 1 fully saturated rings. The number of thiophene rings is 1. The monoisotopic (exact) mass is 322 g/mol. The van der Waals surface area contributed by atoms with Gasteiger partial charge in [-0.05, 0) is 43.6 Å². The van der Waals surface area contributed by atoms with Crippen LogP contribution in [0.25, 0.3) is 0 Å². The molecule has 1 saturated carbocycles. The Kier molecular flexibility index (Phi) is 6.71. The Morgan fingerprint density at radius 3 is 2.91 bits per heavy atom. The number of carbonyl (C=O) groups excluding carboxylic acids is 1. The lowest BCUT2D eigenvalue weighted by atomic mass is 10.1.